The third kappa shape index (κ3) is 8.14. The van der Waals surface area contributed by atoms with Crippen LogP contribution in [0.15, 0.2) is 0 Å². The molecule has 0 aliphatic carbocycles. The molecule has 5 heteroatoms. The molecule has 0 bridgehead atoms. The van der Waals surface area contributed by atoms with Crippen molar-refractivity contribution in [2.24, 2.45) is 0 Å². The van der Waals surface area contributed by atoms with Gasteiger partial charge in [0.2, 0.25) is 0 Å². The highest BCUT2D eigenvalue weighted by atomic mass is 16.7. The second-order valence-corrected chi connectivity index (χ2v) is 2.36. The number of ether oxygens (including phenoxy) is 3. The molecular formula is C8H18O5. The van der Waals surface area contributed by atoms with Crippen LogP contribution in [0.3, 0.4) is 0 Å². The van der Waals surface area contributed by atoms with Crippen LogP contribution in [0, 0.1) is 0 Å². The predicted octanol–water partition coefficient (Wildman–Crippen LogP) is -0.287. The molecule has 2 unspecified atom stereocenters. The molecule has 0 aliphatic heterocycles. The van der Waals surface area contributed by atoms with E-state index in [2.05, 4.69) is 0 Å². The third-order valence-electron chi connectivity index (χ3n) is 1.24. The van der Waals surface area contributed by atoms with Crippen LogP contribution < -0.4 is 0 Å². The van der Waals surface area contributed by atoms with Gasteiger partial charge in [-0.3, -0.25) is 0 Å². The minimum atomic E-state index is -1.10. The molecule has 0 spiro atoms. The zero-order valence-corrected chi connectivity index (χ0v) is 8.10. The van der Waals surface area contributed by atoms with E-state index in [4.69, 9.17) is 24.4 Å². The van der Waals surface area contributed by atoms with E-state index in [9.17, 15) is 0 Å². The molecule has 0 aromatic rings. The second kappa shape index (κ2) is 8.40. The summed E-state index contributed by atoms with van der Waals surface area (Å²) in [5, 5.41) is 18.2. The Morgan fingerprint density at radius 2 is 1.31 bits per heavy atom. The lowest BCUT2D eigenvalue weighted by atomic mass is 10.6. The molecule has 0 rings (SSSR count). The summed E-state index contributed by atoms with van der Waals surface area (Å²) in [6.07, 6.45) is -2.20. The van der Waals surface area contributed by atoms with Crippen LogP contribution in [0.4, 0.5) is 0 Å². The van der Waals surface area contributed by atoms with Crippen molar-refractivity contribution in [1.82, 2.24) is 0 Å². The zero-order valence-electron chi connectivity index (χ0n) is 8.10. The molecule has 80 valence electrons. The third-order valence-corrected chi connectivity index (χ3v) is 1.24. The van der Waals surface area contributed by atoms with Crippen LogP contribution in [0.1, 0.15) is 13.8 Å². The van der Waals surface area contributed by atoms with Gasteiger partial charge in [0.05, 0.1) is 13.2 Å². The molecule has 2 atom stereocenters. The Morgan fingerprint density at radius 1 is 0.923 bits per heavy atom. The minimum absolute atomic E-state index is 0.0552. The maximum absolute atomic E-state index is 9.09. The summed E-state index contributed by atoms with van der Waals surface area (Å²) >= 11 is 0. The molecule has 0 heterocycles. The van der Waals surface area contributed by atoms with Crippen LogP contribution >= 0.6 is 0 Å². The number of hydrogen-bond acceptors (Lipinski definition) is 5. The lowest BCUT2D eigenvalue weighted by Gasteiger charge is -2.16. The van der Waals surface area contributed by atoms with Crippen LogP contribution in [-0.4, -0.2) is 49.2 Å². The van der Waals surface area contributed by atoms with Crippen molar-refractivity contribution in [1.29, 1.82) is 0 Å². The van der Waals surface area contributed by atoms with Crippen molar-refractivity contribution in [2.75, 3.05) is 26.4 Å². The van der Waals surface area contributed by atoms with Crippen LogP contribution in [0.5, 0.6) is 0 Å². The van der Waals surface area contributed by atoms with Gasteiger partial charge in [-0.25, -0.2) is 0 Å². The van der Waals surface area contributed by atoms with Gasteiger partial charge in [0, 0.05) is 13.2 Å². The summed E-state index contributed by atoms with van der Waals surface area (Å²) in [6.45, 7) is 4.73. The van der Waals surface area contributed by atoms with E-state index in [-0.39, 0.29) is 13.2 Å². The molecule has 13 heavy (non-hydrogen) atoms. The Labute approximate surface area is 78.2 Å². The van der Waals surface area contributed by atoms with Gasteiger partial charge >= 0.3 is 0 Å². The molecular weight excluding hydrogens is 176 g/mol. The van der Waals surface area contributed by atoms with Crippen molar-refractivity contribution in [2.45, 2.75) is 26.4 Å². The number of aliphatic hydroxyl groups is 2. The van der Waals surface area contributed by atoms with Crippen molar-refractivity contribution in [3.63, 3.8) is 0 Å². The standard InChI is InChI=1S/C8H18O5/c1-3-11-5-7(9)13-8(10)6-12-4-2/h7-10H,3-6H2,1-2H3. The van der Waals surface area contributed by atoms with Gasteiger partial charge in [0.15, 0.2) is 12.6 Å². The van der Waals surface area contributed by atoms with Gasteiger partial charge in [-0.1, -0.05) is 0 Å². The molecule has 0 amide bonds. The monoisotopic (exact) mass is 194 g/mol. The first-order valence-corrected chi connectivity index (χ1v) is 4.37. The fourth-order valence-corrected chi connectivity index (χ4v) is 0.697. The van der Waals surface area contributed by atoms with E-state index >= 15 is 0 Å². The SMILES string of the molecule is CCOCC(O)OC(O)COCC. The van der Waals surface area contributed by atoms with Gasteiger partial charge in [-0.05, 0) is 13.8 Å². The highest BCUT2D eigenvalue weighted by Gasteiger charge is 2.11. The van der Waals surface area contributed by atoms with Gasteiger partial charge in [0.1, 0.15) is 0 Å². The van der Waals surface area contributed by atoms with Crippen LogP contribution in [-0.2, 0) is 14.2 Å². The van der Waals surface area contributed by atoms with Crippen molar-refractivity contribution < 1.29 is 24.4 Å². The first-order valence-electron chi connectivity index (χ1n) is 4.37. The smallest absolute Gasteiger partial charge is 0.181 e. The topological polar surface area (TPSA) is 68.2 Å². The van der Waals surface area contributed by atoms with Crippen molar-refractivity contribution >= 4 is 0 Å². The minimum Gasteiger partial charge on any atom is -0.376 e. The summed E-state index contributed by atoms with van der Waals surface area (Å²) in [5.74, 6) is 0. The van der Waals surface area contributed by atoms with Gasteiger partial charge in [0.25, 0.3) is 0 Å². The van der Waals surface area contributed by atoms with E-state index in [1.54, 1.807) is 0 Å². The largest absolute Gasteiger partial charge is 0.376 e. The molecule has 2 N–H and O–H groups in total. The maximum atomic E-state index is 9.09. The Hall–Kier alpha value is -0.200. The first kappa shape index (κ1) is 12.8. The summed E-state index contributed by atoms with van der Waals surface area (Å²) in [7, 11) is 0. The molecule has 0 aromatic carbocycles. The molecule has 0 aromatic heterocycles. The predicted molar refractivity (Wildman–Crippen MR) is 46.1 cm³/mol. The normalized spacial score (nSPS) is 15.7. The summed E-state index contributed by atoms with van der Waals surface area (Å²) in [5.41, 5.74) is 0. The molecule has 0 fully saturated rings. The van der Waals surface area contributed by atoms with E-state index in [1.165, 1.54) is 0 Å². The summed E-state index contributed by atoms with van der Waals surface area (Å²) in [6, 6.07) is 0. The highest BCUT2D eigenvalue weighted by Crippen LogP contribution is 1.95. The quantitative estimate of drug-likeness (QED) is 0.520. The average molecular weight is 194 g/mol. The average Bonchev–Trinajstić information content (AvgIpc) is 2.11. The lowest BCUT2D eigenvalue weighted by molar-refractivity contribution is -0.238. The molecule has 0 saturated carbocycles. The Balaban J connectivity index is 3.35. The molecule has 0 aliphatic rings. The maximum Gasteiger partial charge on any atom is 0.181 e. The Kier molecular flexibility index (Phi) is 8.27. The summed E-state index contributed by atoms with van der Waals surface area (Å²) in [4.78, 5) is 0. The lowest BCUT2D eigenvalue weighted by Crippen LogP contribution is -2.29. The second-order valence-electron chi connectivity index (χ2n) is 2.36. The molecule has 0 saturated heterocycles. The Bertz CT molecular complexity index is 96.7. The van der Waals surface area contributed by atoms with E-state index in [0.717, 1.165) is 0 Å². The Morgan fingerprint density at radius 3 is 1.62 bits per heavy atom. The van der Waals surface area contributed by atoms with Gasteiger partial charge in [-0.2, -0.15) is 0 Å². The fourth-order valence-electron chi connectivity index (χ4n) is 0.697. The zero-order chi connectivity index (χ0) is 10.1. The van der Waals surface area contributed by atoms with Gasteiger partial charge < -0.3 is 24.4 Å². The summed E-state index contributed by atoms with van der Waals surface area (Å²) < 4.78 is 14.5. The van der Waals surface area contributed by atoms with Gasteiger partial charge in [-0.15, -0.1) is 0 Å². The van der Waals surface area contributed by atoms with Crippen LogP contribution in [0.25, 0.3) is 0 Å². The number of rotatable bonds is 8. The number of aliphatic hydroxyl groups excluding tert-OH is 2. The molecule has 5 nitrogen and oxygen atoms in total. The highest BCUT2D eigenvalue weighted by molar-refractivity contribution is 4.42. The van der Waals surface area contributed by atoms with Crippen molar-refractivity contribution in [3.8, 4) is 0 Å². The number of hydrogen-bond donors (Lipinski definition) is 2. The van der Waals surface area contributed by atoms with E-state index in [0.29, 0.717) is 13.2 Å². The fraction of sp³-hybridized carbons (Fsp3) is 1.00. The van der Waals surface area contributed by atoms with E-state index < -0.39 is 12.6 Å². The molecule has 0 radical (unpaired) electrons. The van der Waals surface area contributed by atoms with E-state index in [1.807, 2.05) is 13.8 Å². The first-order chi connectivity index (χ1) is 6.20. The van der Waals surface area contributed by atoms with Crippen molar-refractivity contribution in [3.05, 3.63) is 0 Å². The van der Waals surface area contributed by atoms with Crippen LogP contribution in [0.2, 0.25) is 0 Å².